The minimum atomic E-state index is -0.441. The number of nitrogens with zero attached hydrogens (tertiary/aromatic N) is 1. The molecule has 0 saturated heterocycles. The summed E-state index contributed by atoms with van der Waals surface area (Å²) in [6.45, 7) is 3.53. The predicted octanol–water partition coefficient (Wildman–Crippen LogP) is 2.22. The molecule has 0 bridgehead atoms. The van der Waals surface area contributed by atoms with Crippen molar-refractivity contribution in [1.82, 2.24) is 4.90 Å². The SMILES string of the molecule is CC(CO)N(C)C(C)C(=O)Nc1c(N)cc(Cl)cc1Cl. The number of nitrogens with two attached hydrogens (primary N) is 1. The molecule has 0 aliphatic rings. The molecule has 2 atom stereocenters. The van der Waals surface area contributed by atoms with Crippen molar-refractivity contribution in [3.8, 4) is 0 Å². The first kappa shape index (κ1) is 17.0. The lowest BCUT2D eigenvalue weighted by atomic mass is 10.2. The first-order valence-electron chi connectivity index (χ1n) is 6.16. The molecule has 0 aromatic heterocycles. The van der Waals surface area contributed by atoms with Gasteiger partial charge in [0.05, 0.1) is 29.0 Å². The number of aliphatic hydroxyl groups excluding tert-OH is 1. The minimum Gasteiger partial charge on any atom is -0.397 e. The first-order chi connectivity index (χ1) is 9.27. The number of hydrogen-bond acceptors (Lipinski definition) is 4. The molecule has 0 aliphatic heterocycles. The largest absolute Gasteiger partial charge is 0.397 e. The monoisotopic (exact) mass is 319 g/mol. The Morgan fingerprint density at radius 2 is 2.05 bits per heavy atom. The summed E-state index contributed by atoms with van der Waals surface area (Å²) in [5.41, 5.74) is 6.45. The highest BCUT2D eigenvalue weighted by molar-refractivity contribution is 6.37. The average Bonchev–Trinajstić information content (AvgIpc) is 2.39. The summed E-state index contributed by atoms with van der Waals surface area (Å²) in [4.78, 5) is 13.9. The molecule has 1 aromatic carbocycles. The van der Waals surface area contributed by atoms with Gasteiger partial charge < -0.3 is 16.2 Å². The molecule has 0 saturated carbocycles. The maximum absolute atomic E-state index is 12.2. The smallest absolute Gasteiger partial charge is 0.241 e. The van der Waals surface area contributed by atoms with Crippen LogP contribution in [0.25, 0.3) is 0 Å². The molecule has 5 nitrogen and oxygen atoms in total. The van der Waals surface area contributed by atoms with E-state index in [4.69, 9.17) is 34.0 Å². The van der Waals surface area contributed by atoms with Gasteiger partial charge in [0.15, 0.2) is 0 Å². The van der Waals surface area contributed by atoms with Gasteiger partial charge in [0.25, 0.3) is 0 Å². The van der Waals surface area contributed by atoms with Gasteiger partial charge in [-0.2, -0.15) is 0 Å². The summed E-state index contributed by atoms with van der Waals surface area (Å²) < 4.78 is 0. The third-order valence-electron chi connectivity index (χ3n) is 3.28. The van der Waals surface area contributed by atoms with Crippen LogP contribution in [0.3, 0.4) is 0 Å². The number of hydrogen-bond donors (Lipinski definition) is 3. The molecular formula is C13H19Cl2N3O2. The van der Waals surface area contributed by atoms with Gasteiger partial charge in [0.1, 0.15) is 0 Å². The van der Waals surface area contributed by atoms with Gasteiger partial charge in [0.2, 0.25) is 5.91 Å². The lowest BCUT2D eigenvalue weighted by molar-refractivity contribution is -0.121. The number of carbonyl (C=O) groups excluding carboxylic acids is 1. The van der Waals surface area contributed by atoms with Crippen LogP contribution in [0, 0.1) is 0 Å². The Kier molecular flexibility index (Phi) is 6.07. The van der Waals surface area contributed by atoms with Crippen LogP contribution >= 0.6 is 23.2 Å². The Morgan fingerprint density at radius 3 is 2.55 bits per heavy atom. The summed E-state index contributed by atoms with van der Waals surface area (Å²) in [6, 6.07) is 2.46. The lowest BCUT2D eigenvalue weighted by Gasteiger charge is -2.28. The van der Waals surface area contributed by atoms with Crippen LogP contribution in [-0.4, -0.2) is 41.7 Å². The molecule has 0 fully saturated rings. The lowest BCUT2D eigenvalue weighted by Crippen LogP contribution is -2.45. The first-order valence-corrected chi connectivity index (χ1v) is 6.91. The fraction of sp³-hybridized carbons (Fsp3) is 0.462. The highest BCUT2D eigenvalue weighted by atomic mass is 35.5. The Hall–Kier alpha value is -1.01. The molecule has 7 heteroatoms. The number of rotatable bonds is 5. The molecule has 0 aliphatic carbocycles. The van der Waals surface area contributed by atoms with Gasteiger partial charge in [-0.3, -0.25) is 9.69 Å². The van der Waals surface area contributed by atoms with Crippen molar-refractivity contribution in [2.24, 2.45) is 0 Å². The van der Waals surface area contributed by atoms with Crippen molar-refractivity contribution in [2.75, 3.05) is 24.7 Å². The Morgan fingerprint density at radius 1 is 1.45 bits per heavy atom. The van der Waals surface area contributed by atoms with E-state index in [1.807, 2.05) is 6.92 Å². The summed E-state index contributed by atoms with van der Waals surface area (Å²) in [5, 5.41) is 12.5. The molecule has 20 heavy (non-hydrogen) atoms. The Bertz CT molecular complexity index is 473. The molecule has 4 N–H and O–H groups in total. The number of likely N-dealkylation sites (N-methyl/N-ethyl adjacent to an activating group) is 1. The van der Waals surface area contributed by atoms with Gasteiger partial charge in [-0.1, -0.05) is 23.2 Å². The number of benzene rings is 1. The van der Waals surface area contributed by atoms with Gasteiger partial charge in [-0.15, -0.1) is 0 Å². The number of halogens is 2. The third kappa shape index (κ3) is 3.99. The zero-order valence-electron chi connectivity index (χ0n) is 11.7. The van der Waals surface area contributed by atoms with Crippen LogP contribution in [-0.2, 0) is 4.79 Å². The number of nitrogens with one attached hydrogen (secondary N) is 1. The van der Waals surface area contributed by atoms with Crippen LogP contribution < -0.4 is 11.1 Å². The highest BCUT2D eigenvalue weighted by Crippen LogP contribution is 2.32. The maximum Gasteiger partial charge on any atom is 0.241 e. The number of amides is 1. The van der Waals surface area contributed by atoms with E-state index in [1.54, 1.807) is 18.9 Å². The van der Waals surface area contributed by atoms with Gasteiger partial charge in [-0.05, 0) is 33.0 Å². The van der Waals surface area contributed by atoms with Crippen molar-refractivity contribution in [1.29, 1.82) is 0 Å². The zero-order chi connectivity index (χ0) is 15.4. The fourth-order valence-corrected chi connectivity index (χ4v) is 2.20. The number of carbonyl (C=O) groups is 1. The van der Waals surface area contributed by atoms with Crippen LogP contribution in [0.4, 0.5) is 11.4 Å². The molecule has 0 heterocycles. The summed E-state index contributed by atoms with van der Waals surface area (Å²) >= 11 is 11.8. The minimum absolute atomic E-state index is 0.0298. The predicted molar refractivity (Wildman–Crippen MR) is 83.3 cm³/mol. The second kappa shape index (κ2) is 7.13. The molecule has 1 aromatic rings. The second-order valence-corrected chi connectivity index (χ2v) is 5.56. The van der Waals surface area contributed by atoms with Crippen molar-refractivity contribution >= 4 is 40.5 Å². The topological polar surface area (TPSA) is 78.6 Å². The zero-order valence-corrected chi connectivity index (χ0v) is 13.2. The Labute approximate surface area is 128 Å². The van der Waals surface area contributed by atoms with Crippen molar-refractivity contribution in [3.05, 3.63) is 22.2 Å². The van der Waals surface area contributed by atoms with E-state index >= 15 is 0 Å². The highest BCUT2D eigenvalue weighted by Gasteiger charge is 2.23. The number of aliphatic hydroxyl groups is 1. The van der Waals surface area contributed by atoms with E-state index in [2.05, 4.69) is 5.32 Å². The van der Waals surface area contributed by atoms with Crippen LogP contribution in [0.2, 0.25) is 10.0 Å². The number of nitrogen functional groups attached to an aromatic ring is 1. The maximum atomic E-state index is 12.2. The van der Waals surface area contributed by atoms with Crippen LogP contribution in [0.1, 0.15) is 13.8 Å². The van der Waals surface area contributed by atoms with Gasteiger partial charge >= 0.3 is 0 Å². The van der Waals surface area contributed by atoms with E-state index in [1.165, 1.54) is 12.1 Å². The quantitative estimate of drug-likeness (QED) is 0.727. The normalized spacial score (nSPS) is 14.2. The van der Waals surface area contributed by atoms with Crippen molar-refractivity contribution < 1.29 is 9.90 Å². The van der Waals surface area contributed by atoms with Crippen molar-refractivity contribution in [3.63, 3.8) is 0 Å². The van der Waals surface area contributed by atoms with E-state index in [0.717, 1.165) is 0 Å². The van der Waals surface area contributed by atoms with E-state index in [9.17, 15) is 4.79 Å². The molecule has 0 spiro atoms. The van der Waals surface area contributed by atoms with E-state index in [-0.39, 0.29) is 23.6 Å². The summed E-state index contributed by atoms with van der Waals surface area (Å²) in [6.07, 6.45) is 0. The molecule has 112 valence electrons. The second-order valence-electron chi connectivity index (χ2n) is 4.71. The van der Waals surface area contributed by atoms with Crippen molar-refractivity contribution in [2.45, 2.75) is 25.9 Å². The standard InChI is InChI=1S/C13H19Cl2N3O2/c1-7(6-19)18(3)8(2)13(20)17-12-10(15)4-9(14)5-11(12)16/h4-5,7-8,19H,6,16H2,1-3H3,(H,17,20). The van der Waals surface area contributed by atoms with Gasteiger partial charge in [0, 0.05) is 11.1 Å². The molecular weight excluding hydrogens is 301 g/mol. The van der Waals surface area contributed by atoms with Gasteiger partial charge in [-0.25, -0.2) is 0 Å². The average molecular weight is 320 g/mol. The van der Waals surface area contributed by atoms with Crippen LogP contribution in [0.5, 0.6) is 0 Å². The van der Waals surface area contributed by atoms with Crippen LogP contribution in [0.15, 0.2) is 12.1 Å². The number of anilines is 2. The van der Waals surface area contributed by atoms with E-state index in [0.29, 0.717) is 16.4 Å². The fourth-order valence-electron chi connectivity index (χ4n) is 1.65. The molecule has 1 amide bonds. The Balaban J connectivity index is 2.86. The molecule has 1 rings (SSSR count). The molecule has 0 radical (unpaired) electrons. The molecule has 2 unspecified atom stereocenters. The summed E-state index contributed by atoms with van der Waals surface area (Å²) in [5.74, 6) is -0.260. The summed E-state index contributed by atoms with van der Waals surface area (Å²) in [7, 11) is 1.76. The third-order valence-corrected chi connectivity index (χ3v) is 3.80. The van der Waals surface area contributed by atoms with E-state index < -0.39 is 6.04 Å².